The second-order valence-electron chi connectivity index (χ2n) is 7.81. The van der Waals surface area contributed by atoms with Crippen molar-refractivity contribution >= 4 is 28.2 Å². The number of halogens is 1. The van der Waals surface area contributed by atoms with Gasteiger partial charge in [0, 0.05) is 12.5 Å². The molecule has 4 aromatic rings. The molecule has 9 heteroatoms. The van der Waals surface area contributed by atoms with Crippen LogP contribution in [0.3, 0.4) is 0 Å². The first-order chi connectivity index (χ1) is 14.2. The first kappa shape index (κ1) is 17.2. The number of hydrogen-bond donors (Lipinski definition) is 0. The predicted octanol–water partition coefficient (Wildman–Crippen LogP) is 2.94. The van der Waals surface area contributed by atoms with Crippen LogP contribution in [0.25, 0.3) is 22.4 Å². The highest BCUT2D eigenvalue weighted by molar-refractivity contribution is 6.35. The van der Waals surface area contributed by atoms with Gasteiger partial charge in [0.05, 0.1) is 40.6 Å². The first-order valence-corrected chi connectivity index (χ1v) is 10.3. The Balaban J connectivity index is 1.61. The van der Waals surface area contributed by atoms with Crippen molar-refractivity contribution in [3.05, 3.63) is 51.8 Å². The lowest BCUT2D eigenvalue weighted by Crippen LogP contribution is -2.29. The van der Waals surface area contributed by atoms with Crippen LogP contribution in [0.15, 0.2) is 35.5 Å². The van der Waals surface area contributed by atoms with E-state index >= 15 is 0 Å². The van der Waals surface area contributed by atoms with Crippen LogP contribution in [-0.2, 0) is 11.3 Å². The third-order valence-corrected chi connectivity index (χ3v) is 6.13. The van der Waals surface area contributed by atoms with E-state index < -0.39 is 0 Å². The maximum Gasteiger partial charge on any atom is 0.279 e. The molecule has 0 spiro atoms. The summed E-state index contributed by atoms with van der Waals surface area (Å²) in [5.41, 5.74) is 2.78. The fourth-order valence-electron chi connectivity index (χ4n) is 4.20. The average Bonchev–Trinajstić information content (AvgIpc) is 3.14. The summed E-state index contributed by atoms with van der Waals surface area (Å²) in [6.07, 6.45) is 7.76. The Bertz CT molecular complexity index is 1300. The summed E-state index contributed by atoms with van der Waals surface area (Å²) in [6.45, 7) is 1.19. The van der Waals surface area contributed by atoms with E-state index in [1.807, 2.05) is 18.3 Å². The summed E-state index contributed by atoms with van der Waals surface area (Å²) < 4.78 is 10.9. The molecule has 1 unspecified atom stereocenters. The highest BCUT2D eigenvalue weighted by Crippen LogP contribution is 2.38. The highest BCUT2D eigenvalue weighted by atomic mass is 35.5. The lowest BCUT2D eigenvalue weighted by molar-refractivity contribution is 0.0973. The molecule has 4 heterocycles. The standard InChI is InChI=1S/C20H19ClN6O2/c21-14-4-1-5-16-17(14)25(9-13-3-2-8-29-13)20(28)18-19(22-11-26(16)18)27-10-15(23-24-27)12-6-7-12/h1,4-5,10-13H,2-3,6-9H2. The molecular formula is C20H19ClN6O2. The van der Waals surface area contributed by atoms with Crippen molar-refractivity contribution in [1.82, 2.24) is 28.9 Å². The monoisotopic (exact) mass is 410 g/mol. The number of para-hydroxylation sites is 1. The van der Waals surface area contributed by atoms with E-state index in [0.717, 1.165) is 43.5 Å². The Kier molecular flexibility index (Phi) is 3.79. The number of imidazole rings is 1. The van der Waals surface area contributed by atoms with Crippen molar-refractivity contribution in [3.63, 3.8) is 0 Å². The van der Waals surface area contributed by atoms with Gasteiger partial charge >= 0.3 is 0 Å². The Labute approximate surface area is 170 Å². The number of nitrogens with zero attached hydrogens (tertiary/aromatic N) is 6. The largest absolute Gasteiger partial charge is 0.376 e. The van der Waals surface area contributed by atoms with Crippen LogP contribution < -0.4 is 5.56 Å². The lowest BCUT2D eigenvalue weighted by atomic mass is 10.2. The van der Waals surface area contributed by atoms with Gasteiger partial charge < -0.3 is 9.30 Å². The van der Waals surface area contributed by atoms with Crippen molar-refractivity contribution in [1.29, 1.82) is 0 Å². The number of ether oxygens (including phenoxy) is 1. The zero-order valence-corrected chi connectivity index (χ0v) is 16.4. The van der Waals surface area contributed by atoms with Crippen LogP contribution in [0.2, 0.25) is 5.02 Å². The normalized spacial score (nSPS) is 19.6. The maximum absolute atomic E-state index is 13.6. The van der Waals surface area contributed by atoms with Crippen LogP contribution in [0.5, 0.6) is 0 Å². The van der Waals surface area contributed by atoms with Gasteiger partial charge in [-0.1, -0.05) is 22.9 Å². The third kappa shape index (κ3) is 2.70. The van der Waals surface area contributed by atoms with Crippen molar-refractivity contribution in [2.24, 2.45) is 0 Å². The average molecular weight is 411 g/mol. The van der Waals surface area contributed by atoms with Gasteiger partial charge in [-0.05, 0) is 37.8 Å². The Morgan fingerprint density at radius 1 is 1.21 bits per heavy atom. The van der Waals surface area contributed by atoms with Crippen LogP contribution in [-0.4, -0.2) is 41.7 Å². The second kappa shape index (κ2) is 6.40. The molecule has 8 nitrogen and oxygen atoms in total. The number of benzene rings is 1. The van der Waals surface area contributed by atoms with E-state index in [4.69, 9.17) is 16.3 Å². The molecule has 0 bridgehead atoms. The molecule has 2 aliphatic rings. The smallest absolute Gasteiger partial charge is 0.279 e. The van der Waals surface area contributed by atoms with Gasteiger partial charge in [-0.15, -0.1) is 5.10 Å². The molecule has 1 atom stereocenters. The minimum atomic E-state index is -0.155. The minimum absolute atomic E-state index is 0.00818. The number of aromatic nitrogens is 6. The summed E-state index contributed by atoms with van der Waals surface area (Å²) in [6, 6.07) is 5.63. The molecule has 3 aromatic heterocycles. The van der Waals surface area contributed by atoms with Crippen molar-refractivity contribution in [3.8, 4) is 5.82 Å². The molecule has 2 fully saturated rings. The van der Waals surface area contributed by atoms with Gasteiger partial charge in [0.2, 0.25) is 0 Å². The Hall–Kier alpha value is -2.71. The van der Waals surface area contributed by atoms with E-state index in [2.05, 4.69) is 15.3 Å². The number of fused-ring (bicyclic) bond motifs is 3. The molecule has 0 radical (unpaired) electrons. The van der Waals surface area contributed by atoms with E-state index in [0.29, 0.717) is 34.3 Å². The van der Waals surface area contributed by atoms with Gasteiger partial charge in [-0.3, -0.25) is 9.20 Å². The molecule has 1 aliphatic heterocycles. The van der Waals surface area contributed by atoms with E-state index in [1.54, 1.807) is 26.0 Å². The molecule has 1 aromatic carbocycles. The van der Waals surface area contributed by atoms with Crippen LogP contribution in [0.4, 0.5) is 0 Å². The first-order valence-electron chi connectivity index (χ1n) is 9.93. The van der Waals surface area contributed by atoms with Gasteiger partial charge in [-0.2, -0.15) is 4.68 Å². The Morgan fingerprint density at radius 3 is 2.90 bits per heavy atom. The molecule has 1 saturated carbocycles. The lowest BCUT2D eigenvalue weighted by Gasteiger charge is -2.17. The van der Waals surface area contributed by atoms with Crippen molar-refractivity contribution in [2.45, 2.75) is 44.2 Å². The molecule has 148 valence electrons. The van der Waals surface area contributed by atoms with Crippen LogP contribution in [0, 0.1) is 0 Å². The van der Waals surface area contributed by atoms with Crippen LogP contribution >= 0.6 is 11.6 Å². The van der Waals surface area contributed by atoms with E-state index in [9.17, 15) is 4.79 Å². The van der Waals surface area contributed by atoms with Crippen LogP contribution in [0.1, 0.15) is 37.3 Å². The summed E-state index contributed by atoms with van der Waals surface area (Å²) in [4.78, 5) is 18.1. The van der Waals surface area contributed by atoms with Gasteiger partial charge in [0.25, 0.3) is 5.56 Å². The summed E-state index contributed by atoms with van der Waals surface area (Å²) in [5, 5.41) is 9.03. The summed E-state index contributed by atoms with van der Waals surface area (Å²) in [7, 11) is 0. The predicted molar refractivity (Wildman–Crippen MR) is 108 cm³/mol. The maximum atomic E-state index is 13.6. The highest BCUT2D eigenvalue weighted by Gasteiger charge is 2.28. The zero-order chi connectivity index (χ0) is 19.5. The van der Waals surface area contributed by atoms with Crippen molar-refractivity contribution < 1.29 is 4.74 Å². The number of hydrogen-bond acceptors (Lipinski definition) is 5. The molecule has 1 saturated heterocycles. The molecular weight excluding hydrogens is 392 g/mol. The zero-order valence-electron chi connectivity index (χ0n) is 15.7. The third-order valence-electron chi connectivity index (χ3n) is 5.82. The topological polar surface area (TPSA) is 79.2 Å². The fraction of sp³-hybridized carbons (Fsp3) is 0.400. The quantitative estimate of drug-likeness (QED) is 0.516. The van der Waals surface area contributed by atoms with Gasteiger partial charge in [0.15, 0.2) is 11.3 Å². The van der Waals surface area contributed by atoms with Crippen molar-refractivity contribution in [2.75, 3.05) is 6.61 Å². The second-order valence-corrected chi connectivity index (χ2v) is 8.21. The van der Waals surface area contributed by atoms with Gasteiger partial charge in [-0.25, -0.2) is 4.98 Å². The Morgan fingerprint density at radius 2 is 2.10 bits per heavy atom. The molecule has 29 heavy (non-hydrogen) atoms. The van der Waals surface area contributed by atoms with E-state index in [1.165, 1.54) is 0 Å². The number of rotatable bonds is 4. The SMILES string of the molecule is O=c1c2c(-n3cc(C4CC4)nn3)ncn2c2cccc(Cl)c2n1CC1CCCO1. The van der Waals surface area contributed by atoms with E-state index in [-0.39, 0.29) is 11.7 Å². The summed E-state index contributed by atoms with van der Waals surface area (Å²) >= 11 is 6.53. The fourth-order valence-corrected chi connectivity index (χ4v) is 4.47. The molecule has 6 rings (SSSR count). The molecule has 1 aliphatic carbocycles. The molecule has 0 amide bonds. The van der Waals surface area contributed by atoms with Gasteiger partial charge in [0.1, 0.15) is 6.33 Å². The molecule has 0 N–H and O–H groups in total. The summed E-state index contributed by atoms with van der Waals surface area (Å²) in [5.74, 6) is 0.964. The minimum Gasteiger partial charge on any atom is -0.376 e.